The molecular weight excluding hydrogens is 214 g/mol. The van der Waals surface area contributed by atoms with Gasteiger partial charge in [-0.05, 0) is 27.4 Å². The van der Waals surface area contributed by atoms with Crippen LogP contribution in [0.25, 0.3) is 0 Å². The van der Waals surface area contributed by atoms with E-state index in [2.05, 4.69) is 0 Å². The van der Waals surface area contributed by atoms with E-state index >= 15 is 0 Å². The third-order valence-electron chi connectivity index (χ3n) is 1.50. The zero-order valence-corrected chi connectivity index (χ0v) is 8.28. The molecule has 1 aliphatic heterocycles. The van der Waals surface area contributed by atoms with Gasteiger partial charge in [-0.2, -0.15) is 8.42 Å². The lowest BCUT2D eigenvalue weighted by Crippen LogP contribution is -2.09. The lowest BCUT2D eigenvalue weighted by Gasteiger charge is -1.96. The maximum absolute atomic E-state index is 10.6. The SMILES string of the molecule is CC1=CS(=S(=O)=O)C(C(=O)O)=C1N. The van der Waals surface area contributed by atoms with Gasteiger partial charge >= 0.3 is 5.97 Å². The number of hydrogen-bond donors (Lipinski definition) is 2. The van der Waals surface area contributed by atoms with Crippen LogP contribution in [0.3, 0.4) is 0 Å². The van der Waals surface area contributed by atoms with E-state index in [9.17, 15) is 13.2 Å². The fraction of sp³-hybridized carbons (Fsp3) is 0.167. The summed E-state index contributed by atoms with van der Waals surface area (Å²) in [6.45, 7) is 1.58. The molecule has 0 radical (unpaired) electrons. The molecule has 5 nitrogen and oxygen atoms in total. The van der Waals surface area contributed by atoms with Gasteiger partial charge in [0.2, 0.25) is 9.26 Å². The van der Waals surface area contributed by atoms with Crippen LogP contribution >= 0.6 is 0 Å². The number of nitrogens with two attached hydrogens (primary N) is 1. The van der Waals surface area contributed by atoms with Crippen molar-refractivity contribution in [2.45, 2.75) is 6.92 Å². The zero-order chi connectivity index (χ0) is 10.2. The molecule has 0 bridgehead atoms. The Morgan fingerprint density at radius 2 is 2.15 bits per heavy atom. The Bertz CT molecular complexity index is 461. The predicted octanol–water partition coefficient (Wildman–Crippen LogP) is -0.429. The Balaban J connectivity index is 3.53. The summed E-state index contributed by atoms with van der Waals surface area (Å²) in [7, 11) is -3.85. The molecule has 0 amide bonds. The molecule has 13 heavy (non-hydrogen) atoms. The van der Waals surface area contributed by atoms with Crippen molar-refractivity contribution in [2.24, 2.45) is 5.73 Å². The Hall–Kier alpha value is -1.08. The summed E-state index contributed by atoms with van der Waals surface area (Å²) in [5.74, 6) is -1.28. The van der Waals surface area contributed by atoms with Crippen molar-refractivity contribution in [2.75, 3.05) is 0 Å². The molecule has 0 saturated carbocycles. The van der Waals surface area contributed by atoms with E-state index in [-0.39, 0.29) is 10.6 Å². The smallest absolute Gasteiger partial charge is 0.345 e. The van der Waals surface area contributed by atoms with Crippen molar-refractivity contribution in [1.29, 1.82) is 0 Å². The van der Waals surface area contributed by atoms with Crippen LogP contribution in [0.15, 0.2) is 21.6 Å². The summed E-state index contributed by atoms with van der Waals surface area (Å²) < 4.78 is 21.2. The maximum atomic E-state index is 10.6. The van der Waals surface area contributed by atoms with Crippen molar-refractivity contribution < 1.29 is 18.3 Å². The van der Waals surface area contributed by atoms with E-state index in [0.717, 1.165) is 0 Å². The molecule has 0 fully saturated rings. The summed E-state index contributed by atoms with van der Waals surface area (Å²) >= 11 is 0. The van der Waals surface area contributed by atoms with Crippen molar-refractivity contribution >= 4 is 24.7 Å². The van der Waals surface area contributed by atoms with Gasteiger partial charge in [-0.25, -0.2) is 4.79 Å². The van der Waals surface area contributed by atoms with Crippen molar-refractivity contribution in [1.82, 2.24) is 0 Å². The molecule has 0 aromatic heterocycles. The van der Waals surface area contributed by atoms with Gasteiger partial charge in [-0.15, -0.1) is 0 Å². The highest BCUT2D eigenvalue weighted by atomic mass is 32.9. The highest BCUT2D eigenvalue weighted by Crippen LogP contribution is 2.23. The van der Waals surface area contributed by atoms with Crippen LogP contribution in [0.4, 0.5) is 0 Å². The molecule has 0 aliphatic carbocycles. The van der Waals surface area contributed by atoms with E-state index in [1.54, 1.807) is 6.92 Å². The number of allylic oxidation sites excluding steroid dienone is 1. The predicted molar refractivity (Wildman–Crippen MR) is 48.9 cm³/mol. The summed E-state index contributed by atoms with van der Waals surface area (Å²) in [5, 5.41) is 10.0. The molecule has 7 heteroatoms. The minimum Gasteiger partial charge on any atom is -0.477 e. The van der Waals surface area contributed by atoms with Gasteiger partial charge in [0, 0.05) is 0 Å². The van der Waals surface area contributed by atoms with Crippen molar-refractivity contribution in [3.8, 4) is 0 Å². The second kappa shape index (κ2) is 3.35. The number of carboxylic acid groups (broad SMARTS) is 1. The average Bonchev–Trinajstić information content (AvgIpc) is 2.28. The fourth-order valence-corrected chi connectivity index (χ4v) is 3.77. The highest BCUT2D eigenvalue weighted by molar-refractivity contribution is 8.37. The normalized spacial score (nSPS) is 21.6. The molecule has 1 unspecified atom stereocenters. The fourth-order valence-electron chi connectivity index (χ4n) is 0.879. The van der Waals surface area contributed by atoms with Gasteiger partial charge < -0.3 is 10.8 Å². The monoisotopic (exact) mass is 221 g/mol. The van der Waals surface area contributed by atoms with E-state index in [4.69, 9.17) is 10.8 Å². The lowest BCUT2D eigenvalue weighted by atomic mass is 10.2. The van der Waals surface area contributed by atoms with Crippen LogP contribution in [-0.2, 0) is 23.5 Å². The molecule has 1 heterocycles. The lowest BCUT2D eigenvalue weighted by molar-refractivity contribution is -0.131. The first-order chi connectivity index (χ1) is 5.95. The summed E-state index contributed by atoms with van der Waals surface area (Å²) in [6, 6.07) is 0. The molecule has 3 N–H and O–H groups in total. The quantitative estimate of drug-likeness (QED) is 0.626. The van der Waals surface area contributed by atoms with Gasteiger partial charge in [0.05, 0.1) is 5.70 Å². The Morgan fingerprint density at radius 3 is 2.46 bits per heavy atom. The number of rotatable bonds is 1. The minimum absolute atomic E-state index is 0.0556. The molecule has 0 spiro atoms. The van der Waals surface area contributed by atoms with Crippen LogP contribution in [-0.4, -0.2) is 19.5 Å². The summed E-state index contributed by atoms with van der Waals surface area (Å²) in [5.41, 5.74) is 5.98. The molecule has 0 aromatic rings. The third-order valence-corrected chi connectivity index (χ3v) is 4.82. The van der Waals surface area contributed by atoms with E-state index in [1.807, 2.05) is 0 Å². The molecule has 0 aromatic carbocycles. The van der Waals surface area contributed by atoms with E-state index in [1.165, 1.54) is 5.41 Å². The van der Waals surface area contributed by atoms with Gasteiger partial charge in [0.25, 0.3) is 0 Å². The van der Waals surface area contributed by atoms with Crippen LogP contribution in [0.5, 0.6) is 0 Å². The third kappa shape index (κ3) is 1.65. The largest absolute Gasteiger partial charge is 0.477 e. The zero-order valence-electron chi connectivity index (χ0n) is 6.64. The molecule has 0 saturated heterocycles. The summed E-state index contributed by atoms with van der Waals surface area (Å²) in [4.78, 5) is 10.4. The van der Waals surface area contributed by atoms with Crippen molar-refractivity contribution in [3.63, 3.8) is 0 Å². The Labute approximate surface area is 77.7 Å². The molecular formula is C6H7NO4S2. The van der Waals surface area contributed by atoms with E-state index in [0.29, 0.717) is 5.57 Å². The van der Waals surface area contributed by atoms with Gasteiger partial charge in [0.1, 0.15) is 4.91 Å². The first kappa shape index (κ1) is 10.0. The molecule has 1 rings (SSSR count). The number of hydrogen-bond acceptors (Lipinski definition) is 4. The van der Waals surface area contributed by atoms with Crippen molar-refractivity contribution in [3.05, 3.63) is 21.6 Å². The van der Waals surface area contributed by atoms with Crippen LogP contribution < -0.4 is 5.73 Å². The van der Waals surface area contributed by atoms with Crippen LogP contribution in [0.2, 0.25) is 0 Å². The maximum Gasteiger partial charge on any atom is 0.345 e. The van der Waals surface area contributed by atoms with Crippen LogP contribution in [0, 0.1) is 0 Å². The Morgan fingerprint density at radius 1 is 1.62 bits per heavy atom. The Kier molecular flexibility index (Phi) is 2.58. The van der Waals surface area contributed by atoms with Gasteiger partial charge in [-0.1, -0.05) is 0 Å². The number of carboxylic acids is 1. The first-order valence-electron chi connectivity index (χ1n) is 3.19. The molecule has 72 valence electrons. The van der Waals surface area contributed by atoms with E-state index < -0.39 is 24.7 Å². The highest BCUT2D eigenvalue weighted by Gasteiger charge is 2.24. The number of carbonyl (C=O) groups is 1. The number of aliphatic carboxylic acids is 1. The summed E-state index contributed by atoms with van der Waals surface area (Å²) in [6.07, 6.45) is 0. The second-order valence-electron chi connectivity index (χ2n) is 2.35. The van der Waals surface area contributed by atoms with Crippen LogP contribution in [0.1, 0.15) is 6.92 Å². The topological polar surface area (TPSA) is 97.5 Å². The molecule has 1 atom stereocenters. The van der Waals surface area contributed by atoms with Gasteiger partial charge in [-0.3, -0.25) is 0 Å². The van der Waals surface area contributed by atoms with Gasteiger partial charge in [0.15, 0.2) is 0 Å². The second-order valence-corrected chi connectivity index (χ2v) is 5.89. The minimum atomic E-state index is -2.45. The molecule has 1 aliphatic rings. The average molecular weight is 221 g/mol. The first-order valence-corrected chi connectivity index (χ1v) is 6.07. The standard InChI is InChI=1S/C6H7NO4S2/c1-3-2-12(13(10)11)5(4(3)7)6(8)9/h2H,7H2,1H3,(H,8,9).